The molecule has 152 valence electrons. The maximum atomic E-state index is 12.5. The third kappa shape index (κ3) is 4.72. The van der Waals surface area contributed by atoms with Crippen LogP contribution >= 0.6 is 0 Å². The molecule has 7 nitrogen and oxygen atoms in total. The Hall–Kier alpha value is -2.80. The highest BCUT2D eigenvalue weighted by molar-refractivity contribution is 5.98. The lowest BCUT2D eigenvalue weighted by molar-refractivity contribution is 0.0598. The van der Waals surface area contributed by atoms with E-state index in [-0.39, 0.29) is 24.1 Å². The Bertz CT molecular complexity index is 824. The van der Waals surface area contributed by atoms with E-state index in [0.717, 1.165) is 16.9 Å². The normalized spacial score (nSPS) is 11.7. The minimum absolute atomic E-state index is 0.0641. The molecule has 1 aromatic heterocycles. The van der Waals surface area contributed by atoms with E-state index in [2.05, 4.69) is 10.3 Å². The zero-order valence-corrected chi connectivity index (χ0v) is 17.3. The Kier molecular flexibility index (Phi) is 7.23. The number of hydrogen-bond acceptors (Lipinski definition) is 7. The molecule has 2 N–H and O–H groups in total. The van der Waals surface area contributed by atoms with Gasteiger partial charge in [0, 0.05) is 11.7 Å². The number of aryl methyl sites for hydroxylation is 3. The van der Waals surface area contributed by atoms with Gasteiger partial charge in [-0.1, -0.05) is 6.92 Å². The summed E-state index contributed by atoms with van der Waals surface area (Å²) in [4.78, 5) is 16.9. The van der Waals surface area contributed by atoms with Crippen molar-refractivity contribution in [2.24, 2.45) is 0 Å². The molecule has 0 saturated carbocycles. The van der Waals surface area contributed by atoms with Gasteiger partial charge in [0.1, 0.15) is 17.1 Å². The predicted octanol–water partition coefficient (Wildman–Crippen LogP) is 3.78. The summed E-state index contributed by atoms with van der Waals surface area (Å²) in [5.41, 5.74) is 3.08. The molecule has 0 bridgehead atoms. The van der Waals surface area contributed by atoms with Crippen molar-refractivity contribution in [2.45, 2.75) is 40.2 Å². The van der Waals surface area contributed by atoms with E-state index < -0.39 is 5.97 Å². The van der Waals surface area contributed by atoms with Crippen molar-refractivity contribution in [1.82, 2.24) is 4.98 Å². The molecule has 0 aliphatic rings. The van der Waals surface area contributed by atoms with Gasteiger partial charge in [-0.15, -0.1) is 0 Å². The molecule has 0 aliphatic heterocycles. The number of aliphatic hydroxyl groups is 1. The van der Waals surface area contributed by atoms with Crippen molar-refractivity contribution in [2.75, 3.05) is 26.1 Å². The zero-order chi connectivity index (χ0) is 20.8. The van der Waals surface area contributed by atoms with E-state index in [9.17, 15) is 9.90 Å². The van der Waals surface area contributed by atoms with Crippen molar-refractivity contribution in [1.29, 1.82) is 0 Å². The summed E-state index contributed by atoms with van der Waals surface area (Å²) in [5.74, 6) is 0.910. The molecule has 2 aromatic rings. The second-order valence-electron chi connectivity index (χ2n) is 6.61. The molecule has 1 atom stereocenters. The first-order valence-corrected chi connectivity index (χ1v) is 9.14. The molecule has 2 rings (SSSR count). The van der Waals surface area contributed by atoms with Crippen LogP contribution in [-0.2, 0) is 4.74 Å². The van der Waals surface area contributed by atoms with Gasteiger partial charge in [-0.05, 0) is 56.5 Å². The Morgan fingerprint density at radius 2 is 1.82 bits per heavy atom. The second-order valence-corrected chi connectivity index (χ2v) is 6.61. The lowest BCUT2D eigenvalue weighted by Gasteiger charge is -2.21. The third-order valence-electron chi connectivity index (χ3n) is 4.44. The summed E-state index contributed by atoms with van der Waals surface area (Å²) in [6.45, 7) is 7.49. The van der Waals surface area contributed by atoms with Crippen LogP contribution in [0, 0.1) is 20.8 Å². The molecule has 0 saturated heterocycles. The van der Waals surface area contributed by atoms with Crippen molar-refractivity contribution in [3.8, 4) is 17.4 Å². The number of nitrogens with zero attached hydrogens (tertiary/aromatic N) is 1. The van der Waals surface area contributed by atoms with E-state index in [1.54, 1.807) is 13.2 Å². The van der Waals surface area contributed by atoms with Gasteiger partial charge in [0.25, 0.3) is 0 Å². The van der Waals surface area contributed by atoms with Crippen molar-refractivity contribution >= 4 is 11.7 Å². The maximum Gasteiger partial charge on any atom is 0.345 e. The monoisotopic (exact) mass is 388 g/mol. The molecule has 1 heterocycles. The maximum absolute atomic E-state index is 12.5. The molecule has 1 unspecified atom stereocenters. The minimum atomic E-state index is -0.568. The van der Waals surface area contributed by atoms with E-state index in [0.29, 0.717) is 23.6 Å². The van der Waals surface area contributed by atoms with Gasteiger partial charge in [-0.3, -0.25) is 0 Å². The molecule has 0 amide bonds. The van der Waals surface area contributed by atoms with Crippen LogP contribution in [0.4, 0.5) is 5.69 Å². The quantitative estimate of drug-likeness (QED) is 0.665. The highest BCUT2D eigenvalue weighted by Gasteiger charge is 2.24. The first kappa shape index (κ1) is 21.5. The molecule has 0 radical (unpaired) electrons. The number of aromatic nitrogens is 1. The summed E-state index contributed by atoms with van der Waals surface area (Å²) >= 11 is 0. The number of anilines is 1. The minimum Gasteiger partial charge on any atom is -0.497 e. The lowest BCUT2D eigenvalue weighted by Crippen LogP contribution is -2.24. The number of esters is 1. The van der Waals surface area contributed by atoms with Gasteiger partial charge in [-0.2, -0.15) is 0 Å². The van der Waals surface area contributed by atoms with E-state index in [1.165, 1.54) is 7.11 Å². The van der Waals surface area contributed by atoms with Crippen molar-refractivity contribution < 1.29 is 24.1 Å². The highest BCUT2D eigenvalue weighted by atomic mass is 16.5. The van der Waals surface area contributed by atoms with Gasteiger partial charge in [0.2, 0.25) is 5.88 Å². The fourth-order valence-electron chi connectivity index (χ4n) is 2.91. The first-order chi connectivity index (χ1) is 13.3. The molecule has 1 aromatic carbocycles. The van der Waals surface area contributed by atoms with Crippen molar-refractivity contribution in [3.63, 3.8) is 0 Å². The van der Waals surface area contributed by atoms with E-state index in [1.807, 2.05) is 39.8 Å². The van der Waals surface area contributed by atoms with Crippen LogP contribution in [0.1, 0.15) is 40.5 Å². The number of nitrogens with one attached hydrogen (secondary N) is 1. The molecule has 7 heteroatoms. The Morgan fingerprint density at radius 3 is 2.32 bits per heavy atom. The summed E-state index contributed by atoms with van der Waals surface area (Å²) in [7, 11) is 2.92. The summed E-state index contributed by atoms with van der Waals surface area (Å²) < 4.78 is 16.3. The van der Waals surface area contributed by atoms with Crippen LogP contribution in [0.3, 0.4) is 0 Å². The molecular formula is C21H28N2O5. The van der Waals surface area contributed by atoms with Crippen LogP contribution < -0.4 is 14.8 Å². The Morgan fingerprint density at radius 1 is 1.18 bits per heavy atom. The average molecular weight is 388 g/mol. The van der Waals surface area contributed by atoms with E-state index in [4.69, 9.17) is 14.2 Å². The van der Waals surface area contributed by atoms with Gasteiger partial charge in [-0.25, -0.2) is 9.78 Å². The number of hydrogen-bond donors (Lipinski definition) is 2. The molecular weight excluding hydrogens is 360 g/mol. The predicted molar refractivity (Wildman–Crippen MR) is 108 cm³/mol. The van der Waals surface area contributed by atoms with Gasteiger partial charge >= 0.3 is 5.97 Å². The topological polar surface area (TPSA) is 89.9 Å². The summed E-state index contributed by atoms with van der Waals surface area (Å²) in [6.07, 6.45) is 0.686. The van der Waals surface area contributed by atoms with Crippen LogP contribution in [-0.4, -0.2) is 42.9 Å². The zero-order valence-electron chi connectivity index (χ0n) is 17.3. The van der Waals surface area contributed by atoms with Crippen LogP contribution in [0.25, 0.3) is 0 Å². The second kappa shape index (κ2) is 9.41. The van der Waals surface area contributed by atoms with Crippen molar-refractivity contribution in [3.05, 3.63) is 40.6 Å². The Labute approximate surface area is 165 Å². The average Bonchev–Trinajstić information content (AvgIpc) is 2.67. The molecule has 28 heavy (non-hydrogen) atoms. The van der Waals surface area contributed by atoms with Crippen LogP contribution in [0.15, 0.2) is 18.2 Å². The summed E-state index contributed by atoms with van der Waals surface area (Å²) in [5, 5.41) is 12.7. The third-order valence-corrected chi connectivity index (χ3v) is 4.44. The fourth-order valence-corrected chi connectivity index (χ4v) is 2.91. The molecule has 0 fully saturated rings. The van der Waals surface area contributed by atoms with Crippen LogP contribution in [0.2, 0.25) is 0 Å². The van der Waals surface area contributed by atoms with E-state index >= 15 is 0 Å². The first-order valence-electron chi connectivity index (χ1n) is 9.14. The van der Waals surface area contributed by atoms with Gasteiger partial charge < -0.3 is 24.6 Å². The number of aliphatic hydroxyl groups excluding tert-OH is 1. The number of carbonyl (C=O) groups is 1. The summed E-state index contributed by atoms with van der Waals surface area (Å²) in [6, 6.07) is 5.25. The fraction of sp³-hybridized carbons (Fsp3) is 0.429. The smallest absolute Gasteiger partial charge is 0.345 e. The lowest BCUT2D eigenvalue weighted by atomic mass is 10.1. The Balaban J connectivity index is 2.57. The van der Waals surface area contributed by atoms with Crippen LogP contribution in [0.5, 0.6) is 17.4 Å². The van der Waals surface area contributed by atoms with Gasteiger partial charge in [0.05, 0.1) is 26.5 Å². The number of carbonyl (C=O) groups excluding carboxylic acids is 1. The standard InChI is InChI=1S/C21H28N2O5/c1-7-15(11-24)23-17-10-14(4)22-20(18(17)21(25)27-6)28-19-12(2)8-16(26-5)9-13(19)3/h8-10,15,24H,7,11H2,1-6H3,(H,22,23). The largest absolute Gasteiger partial charge is 0.497 e. The number of methoxy groups -OCH3 is 2. The molecule has 0 aliphatic carbocycles. The molecule has 0 spiro atoms. The SMILES string of the molecule is CCC(CO)Nc1cc(C)nc(Oc2c(C)cc(OC)cc2C)c1C(=O)OC. The van der Waals surface area contributed by atoms with Gasteiger partial charge in [0.15, 0.2) is 0 Å². The number of rotatable bonds is 8. The number of pyridine rings is 1. The number of benzene rings is 1. The highest BCUT2D eigenvalue weighted by Crippen LogP contribution is 2.35. The number of ether oxygens (including phenoxy) is 3.